The van der Waals surface area contributed by atoms with Crippen LogP contribution in [0.25, 0.3) is 0 Å². The van der Waals surface area contributed by atoms with E-state index in [0.717, 1.165) is 12.5 Å². The fourth-order valence-corrected chi connectivity index (χ4v) is 2.00. The van der Waals surface area contributed by atoms with Gasteiger partial charge in [0.05, 0.1) is 11.7 Å². The molecule has 0 saturated heterocycles. The molecule has 1 aromatic carbocycles. The van der Waals surface area contributed by atoms with Crippen molar-refractivity contribution in [1.29, 1.82) is 0 Å². The molecule has 0 radical (unpaired) electrons. The Bertz CT molecular complexity index is 587. The summed E-state index contributed by atoms with van der Waals surface area (Å²) in [6.07, 6.45) is 2.21. The molecular formula is C15H15F3N2. The van der Waals surface area contributed by atoms with Gasteiger partial charge in [0, 0.05) is 11.8 Å². The van der Waals surface area contributed by atoms with Gasteiger partial charge >= 0.3 is 0 Å². The third kappa shape index (κ3) is 2.99. The topological polar surface area (TPSA) is 24.9 Å². The van der Waals surface area contributed by atoms with E-state index in [9.17, 15) is 13.2 Å². The predicted molar refractivity (Wildman–Crippen MR) is 70.7 cm³/mol. The molecule has 1 N–H and O–H groups in total. The number of hydrogen-bond acceptors (Lipinski definition) is 2. The van der Waals surface area contributed by atoms with Crippen molar-refractivity contribution in [2.45, 2.75) is 19.4 Å². The van der Waals surface area contributed by atoms with Crippen LogP contribution in [-0.4, -0.2) is 11.5 Å². The van der Waals surface area contributed by atoms with Crippen LogP contribution in [0.5, 0.6) is 0 Å². The zero-order valence-corrected chi connectivity index (χ0v) is 11.0. The Balaban J connectivity index is 2.47. The molecule has 1 heterocycles. The van der Waals surface area contributed by atoms with E-state index in [1.165, 1.54) is 30.5 Å². The van der Waals surface area contributed by atoms with Gasteiger partial charge in [0.15, 0.2) is 11.6 Å². The molecule has 2 aromatic rings. The Morgan fingerprint density at radius 1 is 1.10 bits per heavy atom. The average molecular weight is 280 g/mol. The summed E-state index contributed by atoms with van der Waals surface area (Å²) in [5.74, 6) is -2.49. The quantitative estimate of drug-likeness (QED) is 0.905. The van der Waals surface area contributed by atoms with Crippen molar-refractivity contribution in [2.75, 3.05) is 6.54 Å². The van der Waals surface area contributed by atoms with Crippen molar-refractivity contribution in [2.24, 2.45) is 0 Å². The fraction of sp³-hybridized carbons (Fsp3) is 0.267. The second kappa shape index (κ2) is 6.52. The van der Waals surface area contributed by atoms with Crippen molar-refractivity contribution < 1.29 is 13.2 Å². The normalized spacial score (nSPS) is 12.4. The van der Waals surface area contributed by atoms with E-state index < -0.39 is 23.5 Å². The number of nitrogens with one attached hydrogen (secondary N) is 1. The molecule has 0 spiro atoms. The number of rotatable bonds is 5. The van der Waals surface area contributed by atoms with Gasteiger partial charge in [-0.25, -0.2) is 13.2 Å². The van der Waals surface area contributed by atoms with Crippen LogP contribution >= 0.6 is 0 Å². The first-order valence-corrected chi connectivity index (χ1v) is 6.42. The highest BCUT2D eigenvalue weighted by Gasteiger charge is 2.23. The first-order valence-electron chi connectivity index (χ1n) is 6.42. The summed E-state index contributed by atoms with van der Waals surface area (Å²) in [5, 5.41) is 3.00. The van der Waals surface area contributed by atoms with Crippen LogP contribution in [0.4, 0.5) is 13.2 Å². The van der Waals surface area contributed by atoms with Gasteiger partial charge in [-0.05, 0) is 31.2 Å². The van der Waals surface area contributed by atoms with Gasteiger partial charge in [0.25, 0.3) is 0 Å². The van der Waals surface area contributed by atoms with Gasteiger partial charge < -0.3 is 5.32 Å². The van der Waals surface area contributed by atoms with Crippen LogP contribution in [0.1, 0.15) is 30.6 Å². The van der Waals surface area contributed by atoms with Gasteiger partial charge in [-0.1, -0.05) is 19.1 Å². The molecule has 2 nitrogen and oxygen atoms in total. The van der Waals surface area contributed by atoms with E-state index in [1.54, 1.807) is 0 Å². The third-order valence-corrected chi connectivity index (χ3v) is 2.95. The second-order valence-electron chi connectivity index (χ2n) is 4.40. The van der Waals surface area contributed by atoms with Crippen LogP contribution in [0.2, 0.25) is 0 Å². The molecule has 0 fully saturated rings. The molecule has 0 bridgehead atoms. The largest absolute Gasteiger partial charge is 0.305 e. The Morgan fingerprint density at radius 3 is 2.55 bits per heavy atom. The lowest BCUT2D eigenvalue weighted by Crippen LogP contribution is -2.26. The Morgan fingerprint density at radius 2 is 1.85 bits per heavy atom. The molecule has 1 aromatic heterocycles. The van der Waals surface area contributed by atoms with Crippen molar-refractivity contribution >= 4 is 0 Å². The summed E-state index contributed by atoms with van der Waals surface area (Å²) < 4.78 is 41.2. The predicted octanol–water partition coefficient (Wildman–Crippen LogP) is 3.59. The SMILES string of the molecule is CCCNC(c1cccc(F)c1F)c1ncccc1F. The zero-order valence-electron chi connectivity index (χ0n) is 11.0. The molecular weight excluding hydrogens is 265 g/mol. The lowest BCUT2D eigenvalue weighted by atomic mass is 10.0. The molecule has 0 aliphatic rings. The maximum Gasteiger partial charge on any atom is 0.163 e. The number of aromatic nitrogens is 1. The van der Waals surface area contributed by atoms with Crippen LogP contribution in [0.3, 0.4) is 0 Å². The maximum absolute atomic E-state index is 13.9. The molecule has 0 saturated carbocycles. The van der Waals surface area contributed by atoms with Crippen molar-refractivity contribution in [3.8, 4) is 0 Å². The number of hydrogen-bond donors (Lipinski definition) is 1. The van der Waals surface area contributed by atoms with E-state index in [1.807, 2.05) is 6.92 Å². The van der Waals surface area contributed by atoms with E-state index in [0.29, 0.717) is 6.54 Å². The molecule has 0 aliphatic carbocycles. The second-order valence-corrected chi connectivity index (χ2v) is 4.40. The summed E-state index contributed by atoms with van der Waals surface area (Å²) in [7, 11) is 0. The minimum Gasteiger partial charge on any atom is -0.305 e. The van der Waals surface area contributed by atoms with Crippen molar-refractivity contribution in [3.63, 3.8) is 0 Å². The molecule has 0 amide bonds. The number of pyridine rings is 1. The van der Waals surface area contributed by atoms with Crippen LogP contribution in [-0.2, 0) is 0 Å². The summed E-state index contributed by atoms with van der Waals surface area (Å²) in [4.78, 5) is 3.95. The Hall–Kier alpha value is -1.88. The first-order chi connectivity index (χ1) is 9.65. The highest BCUT2D eigenvalue weighted by atomic mass is 19.2. The summed E-state index contributed by atoms with van der Waals surface area (Å²) in [6, 6.07) is 5.75. The summed E-state index contributed by atoms with van der Waals surface area (Å²) >= 11 is 0. The van der Waals surface area contributed by atoms with Gasteiger partial charge in [-0.2, -0.15) is 0 Å². The highest BCUT2D eigenvalue weighted by molar-refractivity contribution is 5.30. The van der Waals surface area contributed by atoms with Crippen LogP contribution in [0.15, 0.2) is 36.5 Å². The lowest BCUT2D eigenvalue weighted by molar-refractivity contribution is 0.469. The van der Waals surface area contributed by atoms with Crippen LogP contribution < -0.4 is 5.32 Å². The average Bonchev–Trinajstić information content (AvgIpc) is 2.45. The minimum absolute atomic E-state index is 0.0519. The molecule has 2 rings (SSSR count). The minimum atomic E-state index is -0.980. The lowest BCUT2D eigenvalue weighted by Gasteiger charge is -2.19. The first kappa shape index (κ1) is 14.5. The van der Waals surface area contributed by atoms with E-state index in [4.69, 9.17) is 0 Å². The van der Waals surface area contributed by atoms with Gasteiger partial charge in [-0.15, -0.1) is 0 Å². The van der Waals surface area contributed by atoms with E-state index in [-0.39, 0.29) is 11.3 Å². The molecule has 1 unspecified atom stereocenters. The number of halogens is 3. The molecule has 5 heteroatoms. The maximum atomic E-state index is 13.9. The van der Waals surface area contributed by atoms with Gasteiger partial charge in [0.2, 0.25) is 0 Å². The third-order valence-electron chi connectivity index (χ3n) is 2.95. The summed E-state index contributed by atoms with van der Waals surface area (Å²) in [5.41, 5.74) is 0.113. The molecule has 1 atom stereocenters. The number of nitrogens with zero attached hydrogens (tertiary/aromatic N) is 1. The number of benzene rings is 1. The fourth-order valence-electron chi connectivity index (χ4n) is 2.00. The zero-order chi connectivity index (χ0) is 14.5. The molecule has 20 heavy (non-hydrogen) atoms. The van der Waals surface area contributed by atoms with E-state index in [2.05, 4.69) is 10.3 Å². The Kier molecular flexibility index (Phi) is 4.74. The monoisotopic (exact) mass is 280 g/mol. The molecule has 0 aliphatic heterocycles. The summed E-state index contributed by atoms with van der Waals surface area (Å²) in [6.45, 7) is 2.47. The van der Waals surface area contributed by atoms with Crippen LogP contribution in [0, 0.1) is 17.5 Å². The highest BCUT2D eigenvalue weighted by Crippen LogP contribution is 2.26. The standard InChI is InChI=1S/C15H15F3N2/c1-2-8-19-14(15-12(17)7-4-9-20-15)10-5-3-6-11(16)13(10)18/h3-7,9,14,19H,2,8H2,1H3. The Labute approximate surface area is 115 Å². The van der Waals surface area contributed by atoms with Crippen molar-refractivity contribution in [1.82, 2.24) is 10.3 Å². The van der Waals surface area contributed by atoms with E-state index >= 15 is 0 Å². The molecule has 106 valence electrons. The van der Waals surface area contributed by atoms with Gasteiger partial charge in [0.1, 0.15) is 5.82 Å². The smallest absolute Gasteiger partial charge is 0.163 e. The van der Waals surface area contributed by atoms with Crippen molar-refractivity contribution in [3.05, 3.63) is 65.2 Å². The van der Waals surface area contributed by atoms with Gasteiger partial charge in [-0.3, -0.25) is 4.98 Å².